The maximum Gasteiger partial charge on any atom is 0.498 e. The molecular formula is C106H96BBrCl2N6O2P4Pd. The number of benzene rings is 14. The molecule has 8 nitrogen and oxygen atoms in total. The van der Waals surface area contributed by atoms with Crippen LogP contribution in [0.25, 0.3) is 22.0 Å². The van der Waals surface area contributed by atoms with Crippen molar-refractivity contribution in [3.63, 3.8) is 0 Å². The standard InChI is InChI=1S/4C18H15P.C14H12ClN3.C11H15BClNO2.C9H9BrN2.Pd/c4*1-4-10-16(11-5-1)19(17-12-6-2-7-13-17)18-14-8-3-9-15-18;1-2-18-9-11-8-10(5-6-13(11)17-18)12-4-3-7-16-14(12)15;1-10(2)11(3,4)16-12(15-10)8-6-5-7-14-9(8)13;1-2-9-11-7-4-3-6(10)5-8(7)12-9;/h4*1-15H;3-9H,2H2,1H3;5-7H,1-4H3;3-5,9H,2H2,1H3;. The van der Waals surface area contributed by atoms with Crippen molar-refractivity contribution in [3.05, 3.63) is 469 Å². The molecule has 0 bridgehead atoms. The summed E-state index contributed by atoms with van der Waals surface area (Å²) >= 11 is 15.5. The monoisotopic (exact) mass is 1870 g/mol. The topological polar surface area (TPSA) is 86.8 Å². The number of aromatic nitrogens is 4. The molecule has 19 rings (SSSR count). The summed E-state index contributed by atoms with van der Waals surface area (Å²) in [5.74, 6) is 0. The Morgan fingerprint density at radius 1 is 0.350 bits per heavy atom. The van der Waals surface area contributed by atoms with Gasteiger partial charge in [0, 0.05) is 66.4 Å². The van der Waals surface area contributed by atoms with E-state index in [1.807, 2.05) is 93.2 Å². The molecule has 2 aliphatic rings. The van der Waals surface area contributed by atoms with E-state index < -0.39 is 38.8 Å². The van der Waals surface area contributed by atoms with Crippen LogP contribution in [-0.2, 0) is 36.3 Å². The molecule has 0 N–H and O–H groups in total. The fraction of sp³-hybridized carbons (Fsp3) is 0.104. The minimum absolute atomic E-state index is 0. The van der Waals surface area contributed by atoms with Crippen LogP contribution in [-0.4, -0.2) is 44.2 Å². The van der Waals surface area contributed by atoms with Gasteiger partial charge in [-0.1, -0.05) is 422 Å². The molecule has 14 aromatic carbocycles. The predicted octanol–water partition coefficient (Wildman–Crippen LogP) is 21.0. The minimum Gasteiger partial charge on any atom is -0.399 e. The Balaban J connectivity index is 0.000000131. The zero-order valence-electron chi connectivity index (χ0n) is 69.5. The van der Waals surface area contributed by atoms with Crippen LogP contribution in [0.4, 0.5) is 0 Å². The Morgan fingerprint density at radius 3 is 0.927 bits per heavy atom. The van der Waals surface area contributed by atoms with Gasteiger partial charge in [-0.05, 0) is 190 Å². The molecule has 3 aromatic heterocycles. The molecule has 1 atom stereocenters. The van der Waals surface area contributed by atoms with Crippen molar-refractivity contribution in [1.29, 1.82) is 0 Å². The Labute approximate surface area is 762 Å². The zero-order valence-corrected chi connectivity index (χ0v) is 77.7. The molecule has 0 radical (unpaired) electrons. The van der Waals surface area contributed by atoms with Crippen LogP contribution in [0, 0.1) is 0 Å². The summed E-state index contributed by atoms with van der Waals surface area (Å²) in [5, 5.41) is 25.3. The Morgan fingerprint density at radius 2 is 0.642 bits per heavy atom. The van der Waals surface area contributed by atoms with Gasteiger partial charge >= 0.3 is 7.12 Å². The molecule has 17 aromatic rings. The van der Waals surface area contributed by atoms with E-state index in [9.17, 15) is 0 Å². The molecule has 123 heavy (non-hydrogen) atoms. The van der Waals surface area contributed by atoms with E-state index in [-0.39, 0.29) is 37.8 Å². The second kappa shape index (κ2) is 47.1. The van der Waals surface area contributed by atoms with Gasteiger partial charge in [-0.15, -0.1) is 0 Å². The number of halogens is 3. The number of hydrogen-bond acceptors (Lipinski definition) is 7. The summed E-state index contributed by atoms with van der Waals surface area (Å²) in [4.78, 5) is 17.0. The smallest absolute Gasteiger partial charge is 0.399 e. The molecule has 0 aliphatic carbocycles. The fourth-order valence-corrected chi connectivity index (χ4v) is 23.5. The summed E-state index contributed by atoms with van der Waals surface area (Å²) < 4.78 is 14.8. The number of hydrogen-bond donors (Lipinski definition) is 0. The van der Waals surface area contributed by atoms with Crippen LogP contribution in [0.2, 0.25) is 10.3 Å². The first-order valence-corrected chi connectivity index (χ1v) is 47.7. The van der Waals surface area contributed by atoms with Crippen molar-refractivity contribution in [2.75, 3.05) is 0 Å². The first kappa shape index (κ1) is 92.1. The van der Waals surface area contributed by atoms with Gasteiger partial charge in [-0.2, -0.15) is 5.10 Å². The van der Waals surface area contributed by atoms with Crippen LogP contribution < -0.4 is 79.8 Å². The molecule has 0 amide bonds. The molecule has 2 aliphatic heterocycles. The van der Waals surface area contributed by atoms with Crippen molar-refractivity contribution in [3.8, 4) is 11.1 Å². The van der Waals surface area contributed by atoms with E-state index >= 15 is 0 Å². The van der Waals surface area contributed by atoms with Crippen molar-refractivity contribution in [1.82, 2.24) is 19.7 Å². The van der Waals surface area contributed by atoms with Gasteiger partial charge < -0.3 is 9.31 Å². The molecule has 0 saturated carbocycles. The Kier molecular flexibility index (Phi) is 35.3. The number of aryl methyl sites for hydroxylation is 1. The van der Waals surface area contributed by atoms with E-state index in [0.29, 0.717) is 10.3 Å². The van der Waals surface area contributed by atoms with Crippen molar-refractivity contribution >= 4 is 158 Å². The summed E-state index contributed by atoms with van der Waals surface area (Å²) in [6, 6.07) is 149. The second-order valence-corrected chi connectivity index (χ2v) is 39.7. The van der Waals surface area contributed by atoms with Gasteiger partial charge in [-0.25, -0.2) is 9.97 Å². The van der Waals surface area contributed by atoms with Crippen LogP contribution in [0.1, 0.15) is 48.0 Å². The average Bonchev–Trinajstić information content (AvgIpc) is 1.62. The van der Waals surface area contributed by atoms with Crippen LogP contribution >= 0.6 is 70.8 Å². The quantitative estimate of drug-likeness (QED) is 0.0546. The zero-order chi connectivity index (χ0) is 84.7. The van der Waals surface area contributed by atoms with E-state index in [0.717, 1.165) is 55.6 Å². The first-order valence-electron chi connectivity index (χ1n) is 40.8. The molecular weight excluding hydrogens is 1780 g/mol. The van der Waals surface area contributed by atoms with Crippen LogP contribution in [0.15, 0.2) is 458 Å². The number of nitrogens with zero attached hydrogens (tertiary/aromatic N) is 6. The van der Waals surface area contributed by atoms with Crippen molar-refractivity contribution in [2.45, 2.75) is 71.9 Å². The summed E-state index contributed by atoms with van der Waals surface area (Å²) in [5.41, 5.74) is 3.10. The van der Waals surface area contributed by atoms with E-state index in [4.69, 9.17) is 32.5 Å². The Bertz CT molecular complexity index is 5270. The summed E-state index contributed by atoms with van der Waals surface area (Å²) in [7, 11) is -2.22. The first-order chi connectivity index (χ1) is 59.7. The largest absolute Gasteiger partial charge is 0.498 e. The van der Waals surface area contributed by atoms with Crippen LogP contribution in [0.5, 0.6) is 0 Å². The maximum absolute atomic E-state index is 6.11. The SMILES string of the molecule is CC1(C)OB(c2cccnc2Cl)OC1(C)C.CCC1N=c2ccc(Br)cc2=N1.CCn1cc2cc(-c3cccnc3Cl)ccc2n1.[Pd].c1ccc(P(c2ccccc2)c2ccccc2)cc1.c1ccc(P(c2ccccc2)c2ccccc2)cc1.c1ccc(P(c2ccccc2)c2ccccc2)cc1.c1ccc(P(c2ccccc2)c2ccccc2)cc1. The molecule has 616 valence electrons. The third-order valence-electron chi connectivity index (χ3n) is 20.3. The van der Waals surface area contributed by atoms with Gasteiger partial charge in [-0.3, -0.25) is 14.7 Å². The van der Waals surface area contributed by atoms with E-state index in [1.165, 1.54) is 63.7 Å². The maximum atomic E-state index is 6.11. The minimum atomic E-state index is -0.446. The molecule has 5 heterocycles. The molecule has 0 spiro atoms. The van der Waals surface area contributed by atoms with Gasteiger partial charge in [0.15, 0.2) is 0 Å². The van der Waals surface area contributed by atoms with E-state index in [2.05, 4.69) is 425 Å². The third-order valence-corrected chi connectivity index (χ3v) is 31.2. The summed E-state index contributed by atoms with van der Waals surface area (Å²) in [6.45, 7) is 13.1. The van der Waals surface area contributed by atoms with Gasteiger partial charge in [0.05, 0.1) is 27.4 Å². The Hall–Kier alpha value is -10.1. The average molecular weight is 1880 g/mol. The molecule has 1 saturated heterocycles. The molecule has 17 heteroatoms. The third kappa shape index (κ3) is 25.8. The van der Waals surface area contributed by atoms with Crippen LogP contribution in [0.3, 0.4) is 0 Å². The summed E-state index contributed by atoms with van der Waals surface area (Å²) in [6.07, 6.45) is 6.51. The normalized spacial score (nSPS) is 13.0. The number of rotatable bonds is 16. The van der Waals surface area contributed by atoms with E-state index in [1.54, 1.807) is 12.4 Å². The van der Waals surface area contributed by atoms with Crippen molar-refractivity contribution < 1.29 is 29.7 Å². The molecule has 1 fully saturated rings. The van der Waals surface area contributed by atoms with Gasteiger partial charge in [0.2, 0.25) is 0 Å². The van der Waals surface area contributed by atoms with Gasteiger partial charge in [0.1, 0.15) is 16.5 Å². The molecule has 1 unspecified atom stereocenters. The fourth-order valence-electron chi connectivity index (χ4n) is 13.5. The van der Waals surface area contributed by atoms with Crippen molar-refractivity contribution in [2.24, 2.45) is 9.98 Å². The second-order valence-electron chi connectivity index (χ2n) is 29.2. The number of fused-ring (bicyclic) bond motifs is 2. The number of pyridine rings is 2. The van der Waals surface area contributed by atoms with Gasteiger partial charge in [0.25, 0.3) is 0 Å². The predicted molar refractivity (Wildman–Crippen MR) is 530 cm³/mol.